The van der Waals surface area contributed by atoms with E-state index in [0.29, 0.717) is 6.54 Å². The molecule has 2 N–H and O–H groups in total. The number of aliphatic imine (C=N–C) groups is 1. The first kappa shape index (κ1) is 16.1. The van der Waals surface area contributed by atoms with Crippen LogP contribution in [-0.4, -0.2) is 24.0 Å². The van der Waals surface area contributed by atoms with Gasteiger partial charge in [-0.3, -0.25) is 4.98 Å². The van der Waals surface area contributed by atoms with E-state index in [-0.39, 0.29) is 0 Å². The summed E-state index contributed by atoms with van der Waals surface area (Å²) in [4.78, 5) is 8.91. The first-order valence-electron chi connectivity index (χ1n) is 8.24. The Bertz CT molecular complexity index is 762. The van der Waals surface area contributed by atoms with Crippen LogP contribution in [0.15, 0.2) is 64.1 Å². The van der Waals surface area contributed by atoms with Crippen molar-refractivity contribution in [1.29, 1.82) is 0 Å². The number of nitrogens with one attached hydrogen (secondary N) is 2. The van der Waals surface area contributed by atoms with E-state index in [1.165, 1.54) is 0 Å². The van der Waals surface area contributed by atoms with Gasteiger partial charge in [0.05, 0.1) is 0 Å². The number of nitrogens with zero attached hydrogens (tertiary/aromatic N) is 2. The summed E-state index contributed by atoms with van der Waals surface area (Å²) in [7, 11) is 0. The summed E-state index contributed by atoms with van der Waals surface area (Å²) >= 11 is 0. The molecule has 2 heterocycles. The van der Waals surface area contributed by atoms with Crippen molar-refractivity contribution in [3.63, 3.8) is 0 Å². The zero-order valence-corrected chi connectivity index (χ0v) is 13.8. The summed E-state index contributed by atoms with van der Waals surface area (Å²) in [5, 5.41) is 7.69. The van der Waals surface area contributed by atoms with Gasteiger partial charge >= 0.3 is 0 Å². The molecule has 2 aromatic heterocycles. The molecule has 3 aromatic rings. The third-order valence-corrected chi connectivity index (χ3v) is 3.61. The van der Waals surface area contributed by atoms with Crippen molar-refractivity contribution in [1.82, 2.24) is 15.6 Å². The van der Waals surface area contributed by atoms with Gasteiger partial charge in [0.2, 0.25) is 0 Å². The average Bonchev–Trinajstić information content (AvgIpc) is 3.03. The first-order chi connectivity index (χ1) is 11.8. The fourth-order valence-electron chi connectivity index (χ4n) is 2.47. The number of hydrogen-bond acceptors (Lipinski definition) is 3. The molecule has 0 bridgehead atoms. The maximum absolute atomic E-state index is 5.80. The number of benzene rings is 1. The standard InChI is InChI=1S/C19H22N4O/c1-2-20-19(22-12-10-16-8-5-6-11-21-16)23-14-17-13-15-7-3-4-9-18(15)24-17/h3-9,11,13H,2,10,12,14H2,1H3,(H2,20,22,23). The molecule has 0 fully saturated rings. The predicted molar refractivity (Wildman–Crippen MR) is 97.0 cm³/mol. The van der Waals surface area contributed by atoms with Gasteiger partial charge in [0.15, 0.2) is 5.96 Å². The van der Waals surface area contributed by atoms with Crippen LogP contribution in [0.3, 0.4) is 0 Å². The van der Waals surface area contributed by atoms with E-state index >= 15 is 0 Å². The van der Waals surface area contributed by atoms with Crippen molar-refractivity contribution >= 4 is 16.9 Å². The molecule has 5 heteroatoms. The molecule has 0 aliphatic carbocycles. The highest BCUT2D eigenvalue weighted by Gasteiger charge is 2.03. The molecule has 124 valence electrons. The van der Waals surface area contributed by atoms with E-state index in [4.69, 9.17) is 4.42 Å². The topological polar surface area (TPSA) is 62.5 Å². The number of furan rings is 1. The zero-order chi connectivity index (χ0) is 16.6. The minimum Gasteiger partial charge on any atom is -0.459 e. The highest BCUT2D eigenvalue weighted by molar-refractivity contribution is 5.80. The molecule has 0 aliphatic rings. The number of fused-ring (bicyclic) bond motifs is 1. The lowest BCUT2D eigenvalue weighted by atomic mass is 10.2. The molecule has 0 saturated carbocycles. The van der Waals surface area contributed by atoms with Gasteiger partial charge in [0.25, 0.3) is 0 Å². The van der Waals surface area contributed by atoms with Crippen molar-refractivity contribution < 1.29 is 4.42 Å². The summed E-state index contributed by atoms with van der Waals surface area (Å²) in [6.45, 7) is 4.16. The monoisotopic (exact) mass is 322 g/mol. The molecule has 1 aromatic carbocycles. The molecule has 0 aliphatic heterocycles. The maximum Gasteiger partial charge on any atom is 0.191 e. The third kappa shape index (κ3) is 4.35. The van der Waals surface area contributed by atoms with E-state index < -0.39 is 0 Å². The Hall–Kier alpha value is -2.82. The van der Waals surface area contributed by atoms with Crippen LogP contribution in [0.25, 0.3) is 11.0 Å². The van der Waals surface area contributed by atoms with Crippen LogP contribution in [0.1, 0.15) is 18.4 Å². The molecule has 0 unspecified atom stereocenters. The molecule has 0 radical (unpaired) electrons. The summed E-state index contributed by atoms with van der Waals surface area (Å²) < 4.78 is 5.80. The van der Waals surface area contributed by atoms with Gasteiger partial charge in [-0.15, -0.1) is 0 Å². The molecule has 0 atom stereocenters. The van der Waals surface area contributed by atoms with Gasteiger partial charge in [-0.1, -0.05) is 24.3 Å². The average molecular weight is 322 g/mol. The van der Waals surface area contributed by atoms with Crippen molar-refractivity contribution in [3.05, 3.63) is 66.2 Å². The summed E-state index contributed by atoms with van der Waals surface area (Å²) in [6, 6.07) is 16.0. The Kier molecular flexibility index (Phi) is 5.45. The third-order valence-electron chi connectivity index (χ3n) is 3.61. The van der Waals surface area contributed by atoms with Gasteiger partial charge in [-0.2, -0.15) is 0 Å². The van der Waals surface area contributed by atoms with Crippen LogP contribution >= 0.6 is 0 Å². The number of pyridine rings is 1. The predicted octanol–water partition coefficient (Wildman–Crippen LogP) is 3.13. The Labute approximate surface area is 141 Å². The lowest BCUT2D eigenvalue weighted by Crippen LogP contribution is -2.38. The second-order valence-electron chi connectivity index (χ2n) is 5.44. The first-order valence-corrected chi connectivity index (χ1v) is 8.24. The molecule has 0 amide bonds. The van der Waals surface area contributed by atoms with E-state index in [0.717, 1.165) is 47.9 Å². The summed E-state index contributed by atoms with van der Waals surface area (Å²) in [5.74, 6) is 1.65. The molecule has 3 rings (SSSR count). The molecular weight excluding hydrogens is 300 g/mol. The largest absolute Gasteiger partial charge is 0.459 e. The van der Waals surface area contributed by atoms with Crippen LogP contribution < -0.4 is 10.6 Å². The highest BCUT2D eigenvalue weighted by Crippen LogP contribution is 2.19. The molecule has 0 saturated heterocycles. The molecule has 0 spiro atoms. The summed E-state index contributed by atoms with van der Waals surface area (Å²) in [5.41, 5.74) is 1.97. The van der Waals surface area contributed by atoms with Crippen LogP contribution in [0.4, 0.5) is 0 Å². The minimum atomic E-state index is 0.508. The van der Waals surface area contributed by atoms with Gasteiger partial charge in [-0.25, -0.2) is 4.99 Å². The highest BCUT2D eigenvalue weighted by atomic mass is 16.3. The Morgan fingerprint density at radius 1 is 1.12 bits per heavy atom. The lowest BCUT2D eigenvalue weighted by molar-refractivity contribution is 0.551. The number of para-hydroxylation sites is 1. The van der Waals surface area contributed by atoms with Crippen molar-refractivity contribution in [2.75, 3.05) is 13.1 Å². The number of guanidine groups is 1. The number of rotatable bonds is 6. The second kappa shape index (κ2) is 8.15. The molecular formula is C19H22N4O. The minimum absolute atomic E-state index is 0.508. The van der Waals surface area contributed by atoms with Gasteiger partial charge < -0.3 is 15.1 Å². The fraction of sp³-hybridized carbons (Fsp3) is 0.263. The van der Waals surface area contributed by atoms with E-state index in [1.54, 1.807) is 0 Å². The van der Waals surface area contributed by atoms with E-state index in [2.05, 4.69) is 27.5 Å². The number of hydrogen-bond donors (Lipinski definition) is 2. The Morgan fingerprint density at radius 2 is 2.00 bits per heavy atom. The van der Waals surface area contributed by atoms with Gasteiger partial charge in [0.1, 0.15) is 17.9 Å². The number of aromatic nitrogens is 1. The Morgan fingerprint density at radius 3 is 2.79 bits per heavy atom. The van der Waals surface area contributed by atoms with Crippen LogP contribution in [0, 0.1) is 0 Å². The second-order valence-corrected chi connectivity index (χ2v) is 5.44. The normalized spacial score (nSPS) is 11.6. The fourth-order valence-corrected chi connectivity index (χ4v) is 2.47. The lowest BCUT2D eigenvalue weighted by Gasteiger charge is -2.10. The summed E-state index contributed by atoms with van der Waals surface area (Å²) in [6.07, 6.45) is 2.67. The quantitative estimate of drug-likeness (QED) is 0.541. The van der Waals surface area contributed by atoms with Crippen molar-refractivity contribution in [2.45, 2.75) is 19.9 Å². The molecule has 5 nitrogen and oxygen atoms in total. The van der Waals surface area contributed by atoms with Crippen molar-refractivity contribution in [2.24, 2.45) is 4.99 Å². The van der Waals surface area contributed by atoms with Crippen LogP contribution in [0.5, 0.6) is 0 Å². The van der Waals surface area contributed by atoms with E-state index in [1.807, 2.05) is 54.7 Å². The van der Waals surface area contributed by atoms with Crippen LogP contribution in [0.2, 0.25) is 0 Å². The van der Waals surface area contributed by atoms with Crippen molar-refractivity contribution in [3.8, 4) is 0 Å². The van der Waals surface area contributed by atoms with Gasteiger partial charge in [-0.05, 0) is 31.2 Å². The zero-order valence-electron chi connectivity index (χ0n) is 13.8. The van der Waals surface area contributed by atoms with E-state index in [9.17, 15) is 0 Å². The Balaban J connectivity index is 1.58. The van der Waals surface area contributed by atoms with Crippen LogP contribution in [-0.2, 0) is 13.0 Å². The van der Waals surface area contributed by atoms with Gasteiger partial charge in [0, 0.05) is 36.8 Å². The molecule has 24 heavy (non-hydrogen) atoms. The smallest absolute Gasteiger partial charge is 0.191 e. The SMILES string of the molecule is CCNC(=NCc1cc2ccccc2o1)NCCc1ccccn1. The maximum atomic E-state index is 5.80.